The summed E-state index contributed by atoms with van der Waals surface area (Å²) in [5.74, 6) is 3.03. The van der Waals surface area contributed by atoms with E-state index < -0.39 is 0 Å². The van der Waals surface area contributed by atoms with Crippen molar-refractivity contribution in [2.24, 2.45) is 5.92 Å². The normalized spacial score (nSPS) is 17.7. The number of aryl methyl sites for hydroxylation is 2. The van der Waals surface area contributed by atoms with Crippen LogP contribution in [0.4, 0.5) is 0 Å². The number of halogens is 1. The van der Waals surface area contributed by atoms with E-state index in [0.29, 0.717) is 0 Å². The van der Waals surface area contributed by atoms with Crippen LogP contribution in [0, 0.1) is 5.92 Å². The van der Waals surface area contributed by atoms with Crippen LogP contribution in [0.2, 0.25) is 0 Å². The highest BCUT2D eigenvalue weighted by molar-refractivity contribution is 5.85. The highest BCUT2D eigenvalue weighted by Gasteiger charge is 2.23. The van der Waals surface area contributed by atoms with Gasteiger partial charge in [0.15, 0.2) is 0 Å². The first-order valence-electron chi connectivity index (χ1n) is 7.64. The average molecular weight is 305 g/mol. The van der Waals surface area contributed by atoms with Gasteiger partial charge in [-0.15, -0.1) is 22.6 Å². The van der Waals surface area contributed by atoms with Gasteiger partial charge < -0.3 is 5.32 Å². The fourth-order valence-electron chi connectivity index (χ4n) is 3.46. The van der Waals surface area contributed by atoms with Crippen LogP contribution < -0.4 is 5.32 Å². The van der Waals surface area contributed by atoms with Crippen molar-refractivity contribution in [3.63, 3.8) is 0 Å². The molecule has 0 saturated carbocycles. The molecule has 2 aliphatic rings. The summed E-state index contributed by atoms with van der Waals surface area (Å²) in [6.45, 7) is 2.28. The molecule has 1 N–H and O–H groups in total. The van der Waals surface area contributed by atoms with E-state index in [1.54, 1.807) is 0 Å². The van der Waals surface area contributed by atoms with E-state index in [1.807, 2.05) is 0 Å². The first-order chi connectivity index (χ1) is 9.92. The molecule has 0 unspecified atom stereocenters. The third-order valence-electron chi connectivity index (χ3n) is 4.58. The van der Waals surface area contributed by atoms with Gasteiger partial charge in [-0.3, -0.25) is 4.57 Å². The lowest BCUT2D eigenvalue weighted by atomic mass is 9.94. The molecular weight excluding hydrogens is 284 g/mol. The summed E-state index contributed by atoms with van der Waals surface area (Å²) < 4.78 is 2.31. The minimum Gasteiger partial charge on any atom is -0.317 e. The SMILES string of the molecule is Cl.c1ccc2c(c1)CCc1nnc(CC3CCNCC3)n1-2. The van der Waals surface area contributed by atoms with Crippen molar-refractivity contribution in [1.82, 2.24) is 20.1 Å². The lowest BCUT2D eigenvalue weighted by Crippen LogP contribution is -2.29. The number of hydrogen-bond donors (Lipinski definition) is 1. The molecule has 3 heterocycles. The molecule has 2 aromatic rings. The lowest BCUT2D eigenvalue weighted by Gasteiger charge is -2.24. The molecule has 0 amide bonds. The standard InChI is InChI=1S/C16H20N4.ClH/c1-2-4-14-13(3-1)5-6-15-18-19-16(20(14)15)11-12-7-9-17-10-8-12;/h1-4,12,17H,5-11H2;1H. The molecule has 1 saturated heterocycles. The Morgan fingerprint density at radius 1 is 1.10 bits per heavy atom. The van der Waals surface area contributed by atoms with Crippen molar-refractivity contribution in [3.05, 3.63) is 41.5 Å². The van der Waals surface area contributed by atoms with E-state index in [0.717, 1.165) is 49.9 Å². The van der Waals surface area contributed by atoms with Crippen LogP contribution in [0.5, 0.6) is 0 Å². The Kier molecular flexibility index (Phi) is 4.27. The van der Waals surface area contributed by atoms with Crippen LogP contribution in [0.3, 0.4) is 0 Å². The summed E-state index contributed by atoms with van der Waals surface area (Å²) >= 11 is 0. The highest BCUT2D eigenvalue weighted by atomic mass is 35.5. The summed E-state index contributed by atoms with van der Waals surface area (Å²) in [7, 11) is 0. The molecule has 4 rings (SSSR count). The van der Waals surface area contributed by atoms with Crippen molar-refractivity contribution in [2.45, 2.75) is 32.1 Å². The highest BCUT2D eigenvalue weighted by Crippen LogP contribution is 2.27. The first kappa shape index (κ1) is 14.5. The van der Waals surface area contributed by atoms with Gasteiger partial charge >= 0.3 is 0 Å². The molecule has 0 aliphatic carbocycles. The van der Waals surface area contributed by atoms with Crippen LogP contribution in [0.15, 0.2) is 24.3 Å². The summed E-state index contributed by atoms with van der Waals surface area (Å²) in [4.78, 5) is 0. The van der Waals surface area contributed by atoms with Gasteiger partial charge in [-0.25, -0.2) is 0 Å². The fourth-order valence-corrected chi connectivity index (χ4v) is 3.46. The van der Waals surface area contributed by atoms with Gasteiger partial charge in [-0.2, -0.15) is 0 Å². The molecule has 0 spiro atoms. The first-order valence-corrected chi connectivity index (χ1v) is 7.64. The number of benzene rings is 1. The van der Waals surface area contributed by atoms with Gasteiger partial charge in [0, 0.05) is 12.8 Å². The number of rotatable bonds is 2. The Hall–Kier alpha value is -1.39. The van der Waals surface area contributed by atoms with Crippen molar-refractivity contribution in [1.29, 1.82) is 0 Å². The largest absolute Gasteiger partial charge is 0.317 e. The van der Waals surface area contributed by atoms with Gasteiger partial charge in [0.25, 0.3) is 0 Å². The summed E-state index contributed by atoms with van der Waals surface area (Å²) in [5, 5.41) is 12.3. The number of aromatic nitrogens is 3. The molecule has 1 aromatic heterocycles. The maximum Gasteiger partial charge on any atom is 0.137 e. The van der Waals surface area contributed by atoms with Crippen LogP contribution in [0.1, 0.15) is 30.1 Å². The molecule has 5 heteroatoms. The predicted octanol–water partition coefficient (Wildman–Crippen LogP) is 2.33. The maximum absolute atomic E-state index is 4.48. The van der Waals surface area contributed by atoms with E-state index >= 15 is 0 Å². The average Bonchev–Trinajstić information content (AvgIpc) is 2.92. The van der Waals surface area contributed by atoms with Crippen LogP contribution in [-0.4, -0.2) is 27.9 Å². The Labute approximate surface area is 131 Å². The second kappa shape index (κ2) is 6.16. The Morgan fingerprint density at radius 2 is 1.90 bits per heavy atom. The zero-order valence-electron chi connectivity index (χ0n) is 12.1. The third-order valence-corrected chi connectivity index (χ3v) is 4.58. The molecular formula is C16H21ClN4. The molecule has 0 radical (unpaired) electrons. The second-order valence-electron chi connectivity index (χ2n) is 5.89. The topological polar surface area (TPSA) is 42.7 Å². The molecule has 1 aromatic carbocycles. The van der Waals surface area contributed by atoms with Gasteiger partial charge in [0.2, 0.25) is 0 Å². The Bertz CT molecular complexity index is 616. The Balaban J connectivity index is 0.00000132. The fraction of sp³-hybridized carbons (Fsp3) is 0.500. The minimum absolute atomic E-state index is 0. The number of piperidine rings is 1. The molecule has 21 heavy (non-hydrogen) atoms. The van der Waals surface area contributed by atoms with E-state index in [-0.39, 0.29) is 12.4 Å². The molecule has 4 nitrogen and oxygen atoms in total. The Morgan fingerprint density at radius 3 is 2.76 bits per heavy atom. The molecule has 0 atom stereocenters. The number of hydrogen-bond acceptors (Lipinski definition) is 3. The lowest BCUT2D eigenvalue weighted by molar-refractivity contribution is 0.365. The summed E-state index contributed by atoms with van der Waals surface area (Å²) in [6, 6.07) is 8.67. The van der Waals surface area contributed by atoms with Crippen molar-refractivity contribution < 1.29 is 0 Å². The minimum atomic E-state index is 0. The zero-order valence-corrected chi connectivity index (χ0v) is 12.9. The van der Waals surface area contributed by atoms with Gasteiger partial charge in [-0.1, -0.05) is 18.2 Å². The van der Waals surface area contributed by atoms with Crippen molar-refractivity contribution in [2.75, 3.05) is 13.1 Å². The van der Waals surface area contributed by atoms with Gasteiger partial charge in [0.05, 0.1) is 5.69 Å². The molecule has 1 fully saturated rings. The van der Waals surface area contributed by atoms with E-state index in [2.05, 4.69) is 44.3 Å². The van der Waals surface area contributed by atoms with Crippen LogP contribution >= 0.6 is 12.4 Å². The summed E-state index contributed by atoms with van der Waals surface area (Å²) in [6.07, 6.45) is 5.66. The summed E-state index contributed by atoms with van der Waals surface area (Å²) in [5.41, 5.74) is 2.72. The van der Waals surface area contributed by atoms with E-state index in [9.17, 15) is 0 Å². The van der Waals surface area contributed by atoms with E-state index in [1.165, 1.54) is 24.1 Å². The zero-order chi connectivity index (χ0) is 13.4. The maximum atomic E-state index is 4.48. The monoisotopic (exact) mass is 304 g/mol. The third kappa shape index (κ3) is 2.70. The molecule has 2 aliphatic heterocycles. The smallest absolute Gasteiger partial charge is 0.137 e. The number of nitrogens with one attached hydrogen (secondary N) is 1. The number of para-hydroxylation sites is 1. The van der Waals surface area contributed by atoms with Crippen molar-refractivity contribution >= 4 is 12.4 Å². The second-order valence-corrected chi connectivity index (χ2v) is 5.89. The van der Waals surface area contributed by atoms with E-state index in [4.69, 9.17) is 0 Å². The van der Waals surface area contributed by atoms with Gasteiger partial charge in [0.1, 0.15) is 11.6 Å². The van der Waals surface area contributed by atoms with Crippen LogP contribution in [0.25, 0.3) is 5.69 Å². The molecule has 0 bridgehead atoms. The van der Waals surface area contributed by atoms with Crippen LogP contribution in [-0.2, 0) is 19.3 Å². The van der Waals surface area contributed by atoms with Gasteiger partial charge in [-0.05, 0) is 49.9 Å². The predicted molar refractivity (Wildman–Crippen MR) is 85.3 cm³/mol. The van der Waals surface area contributed by atoms with Crippen molar-refractivity contribution in [3.8, 4) is 5.69 Å². The quantitative estimate of drug-likeness (QED) is 0.926. The molecule has 112 valence electrons. The number of fused-ring (bicyclic) bond motifs is 3. The number of nitrogens with zero attached hydrogens (tertiary/aromatic N) is 3.